The Bertz CT molecular complexity index is 1090. The van der Waals surface area contributed by atoms with Crippen LogP contribution in [0.2, 0.25) is 0 Å². The van der Waals surface area contributed by atoms with Crippen molar-refractivity contribution < 1.29 is 4.74 Å². The van der Waals surface area contributed by atoms with Gasteiger partial charge in [-0.1, -0.05) is 28.1 Å². The Morgan fingerprint density at radius 1 is 1.27 bits per heavy atom. The van der Waals surface area contributed by atoms with Gasteiger partial charge in [0, 0.05) is 38.1 Å². The fourth-order valence-corrected chi connectivity index (χ4v) is 3.69. The molecular formula is C19H15BrN4OS. The minimum absolute atomic E-state index is 0.744. The SMILES string of the molecule is COc1ccc2[nH]cc(/C=N/Nc3nc(-c4cccc(Br)c4)cs3)c2c1. The van der Waals surface area contributed by atoms with Crippen LogP contribution in [-0.2, 0) is 0 Å². The summed E-state index contributed by atoms with van der Waals surface area (Å²) in [6, 6.07) is 14.0. The number of fused-ring (bicyclic) bond motifs is 1. The molecule has 0 saturated heterocycles. The highest BCUT2D eigenvalue weighted by Crippen LogP contribution is 2.27. The first-order chi connectivity index (χ1) is 12.7. The largest absolute Gasteiger partial charge is 0.497 e. The third kappa shape index (κ3) is 3.49. The lowest BCUT2D eigenvalue weighted by atomic mass is 10.2. The van der Waals surface area contributed by atoms with Crippen LogP contribution in [0, 0.1) is 0 Å². The highest BCUT2D eigenvalue weighted by atomic mass is 79.9. The van der Waals surface area contributed by atoms with Crippen LogP contribution < -0.4 is 10.2 Å². The van der Waals surface area contributed by atoms with Gasteiger partial charge in [-0.15, -0.1) is 11.3 Å². The van der Waals surface area contributed by atoms with E-state index in [9.17, 15) is 0 Å². The van der Waals surface area contributed by atoms with Crippen molar-refractivity contribution in [2.24, 2.45) is 5.10 Å². The molecule has 2 N–H and O–H groups in total. The second kappa shape index (κ2) is 7.31. The zero-order valence-corrected chi connectivity index (χ0v) is 16.3. The van der Waals surface area contributed by atoms with E-state index in [1.165, 1.54) is 11.3 Å². The van der Waals surface area contributed by atoms with E-state index in [4.69, 9.17) is 4.74 Å². The molecule has 0 radical (unpaired) electrons. The highest BCUT2D eigenvalue weighted by Gasteiger charge is 2.05. The maximum atomic E-state index is 5.29. The average Bonchev–Trinajstić information content (AvgIpc) is 3.29. The summed E-state index contributed by atoms with van der Waals surface area (Å²) in [5.41, 5.74) is 7.01. The number of ether oxygens (including phenoxy) is 1. The number of aromatic amines is 1. The molecule has 7 heteroatoms. The van der Waals surface area contributed by atoms with Crippen LogP contribution in [0.3, 0.4) is 0 Å². The third-order valence-electron chi connectivity index (χ3n) is 3.91. The first kappa shape index (κ1) is 16.8. The van der Waals surface area contributed by atoms with E-state index in [1.807, 2.05) is 54.0 Å². The Labute approximate surface area is 162 Å². The van der Waals surface area contributed by atoms with Gasteiger partial charge < -0.3 is 9.72 Å². The van der Waals surface area contributed by atoms with Gasteiger partial charge in [0.25, 0.3) is 0 Å². The molecule has 0 fully saturated rings. The van der Waals surface area contributed by atoms with Gasteiger partial charge in [0.2, 0.25) is 5.13 Å². The summed E-state index contributed by atoms with van der Waals surface area (Å²) < 4.78 is 6.32. The van der Waals surface area contributed by atoms with Gasteiger partial charge in [0.15, 0.2) is 0 Å². The van der Waals surface area contributed by atoms with Gasteiger partial charge >= 0.3 is 0 Å². The number of aromatic nitrogens is 2. The van der Waals surface area contributed by atoms with Crippen LogP contribution in [0.5, 0.6) is 5.75 Å². The van der Waals surface area contributed by atoms with Gasteiger partial charge in [-0.3, -0.25) is 5.43 Å². The summed E-state index contributed by atoms with van der Waals surface area (Å²) in [7, 11) is 1.66. The van der Waals surface area contributed by atoms with Crippen LogP contribution in [-0.4, -0.2) is 23.3 Å². The minimum Gasteiger partial charge on any atom is -0.497 e. The number of nitrogens with one attached hydrogen (secondary N) is 2. The Morgan fingerprint density at radius 2 is 2.19 bits per heavy atom. The van der Waals surface area contributed by atoms with Crippen LogP contribution >= 0.6 is 27.3 Å². The van der Waals surface area contributed by atoms with Crippen molar-refractivity contribution in [3.8, 4) is 17.0 Å². The number of nitrogens with zero attached hydrogens (tertiary/aromatic N) is 2. The quantitative estimate of drug-likeness (QED) is 0.326. The molecule has 130 valence electrons. The molecule has 4 aromatic rings. The third-order valence-corrected chi connectivity index (χ3v) is 5.15. The van der Waals surface area contributed by atoms with E-state index in [2.05, 4.69) is 36.4 Å². The van der Waals surface area contributed by atoms with Gasteiger partial charge in [-0.25, -0.2) is 4.98 Å². The molecule has 0 aliphatic carbocycles. The maximum Gasteiger partial charge on any atom is 0.203 e. The van der Waals surface area contributed by atoms with Crippen molar-refractivity contribution in [1.29, 1.82) is 0 Å². The number of methoxy groups -OCH3 is 1. The molecule has 2 aromatic carbocycles. The van der Waals surface area contributed by atoms with Crippen molar-refractivity contribution in [1.82, 2.24) is 9.97 Å². The van der Waals surface area contributed by atoms with Crippen LogP contribution in [0.1, 0.15) is 5.56 Å². The summed E-state index contributed by atoms with van der Waals surface area (Å²) in [5, 5.41) is 8.13. The molecule has 0 aliphatic rings. The predicted molar refractivity (Wildman–Crippen MR) is 111 cm³/mol. The molecule has 2 aromatic heterocycles. The van der Waals surface area contributed by atoms with Crippen molar-refractivity contribution in [2.45, 2.75) is 0 Å². The molecule has 0 unspecified atom stereocenters. The lowest BCUT2D eigenvalue weighted by molar-refractivity contribution is 0.415. The smallest absolute Gasteiger partial charge is 0.203 e. The molecular weight excluding hydrogens is 412 g/mol. The van der Waals surface area contributed by atoms with E-state index in [0.717, 1.165) is 43.1 Å². The van der Waals surface area contributed by atoms with Crippen molar-refractivity contribution in [3.63, 3.8) is 0 Å². The summed E-state index contributed by atoms with van der Waals surface area (Å²) >= 11 is 5.00. The van der Waals surface area contributed by atoms with Gasteiger partial charge in [-0.05, 0) is 30.3 Å². The summed E-state index contributed by atoms with van der Waals surface area (Å²) in [6.07, 6.45) is 3.70. The summed E-state index contributed by atoms with van der Waals surface area (Å²) in [5.74, 6) is 0.818. The number of halogens is 1. The number of thiazole rings is 1. The number of benzene rings is 2. The zero-order valence-electron chi connectivity index (χ0n) is 13.9. The standard InChI is InChI=1S/C19H15BrN4OS/c1-25-15-5-6-17-16(8-15)13(9-21-17)10-22-24-19-23-18(11-26-19)12-3-2-4-14(20)7-12/h2-11,21H,1H3,(H,23,24)/b22-10+. The number of anilines is 1. The molecule has 2 heterocycles. The number of hydrazone groups is 1. The topological polar surface area (TPSA) is 62.3 Å². The molecule has 4 rings (SSSR count). The fourth-order valence-electron chi connectivity index (χ4n) is 2.62. The molecule has 0 amide bonds. The number of rotatable bonds is 5. The Balaban J connectivity index is 1.51. The van der Waals surface area contributed by atoms with Crippen LogP contribution in [0.25, 0.3) is 22.2 Å². The molecule has 0 atom stereocenters. The lowest BCUT2D eigenvalue weighted by Crippen LogP contribution is -1.90. The van der Waals surface area contributed by atoms with Crippen LogP contribution in [0.4, 0.5) is 5.13 Å². The molecule has 0 bridgehead atoms. The second-order valence-electron chi connectivity index (χ2n) is 5.57. The van der Waals surface area contributed by atoms with Crippen molar-refractivity contribution in [3.05, 3.63) is 64.1 Å². The van der Waals surface area contributed by atoms with E-state index < -0.39 is 0 Å². The highest BCUT2D eigenvalue weighted by molar-refractivity contribution is 9.10. The first-order valence-corrected chi connectivity index (χ1v) is 9.56. The predicted octanol–water partition coefficient (Wildman–Crippen LogP) is 5.51. The Hall–Kier alpha value is -2.64. The van der Waals surface area contributed by atoms with Gasteiger partial charge in [0.1, 0.15) is 5.75 Å². The first-order valence-electron chi connectivity index (χ1n) is 7.88. The van der Waals surface area contributed by atoms with Gasteiger partial charge in [-0.2, -0.15) is 5.10 Å². The molecule has 0 spiro atoms. The molecule has 5 nitrogen and oxygen atoms in total. The summed E-state index contributed by atoms with van der Waals surface area (Å²) in [4.78, 5) is 7.80. The number of hydrogen-bond donors (Lipinski definition) is 2. The molecule has 0 aliphatic heterocycles. The molecule has 26 heavy (non-hydrogen) atoms. The summed E-state index contributed by atoms with van der Waals surface area (Å²) in [6.45, 7) is 0. The van der Waals surface area contributed by atoms with Crippen LogP contribution in [0.15, 0.2) is 63.6 Å². The number of H-pyrrole nitrogens is 1. The number of hydrogen-bond acceptors (Lipinski definition) is 5. The monoisotopic (exact) mass is 426 g/mol. The lowest BCUT2D eigenvalue weighted by Gasteiger charge is -1.99. The minimum atomic E-state index is 0.744. The zero-order chi connectivity index (χ0) is 17.9. The average molecular weight is 427 g/mol. The fraction of sp³-hybridized carbons (Fsp3) is 0.0526. The van der Waals surface area contributed by atoms with E-state index in [-0.39, 0.29) is 0 Å². The molecule has 0 saturated carbocycles. The Kier molecular flexibility index (Phi) is 4.73. The second-order valence-corrected chi connectivity index (χ2v) is 7.35. The van der Waals surface area contributed by atoms with E-state index in [1.54, 1.807) is 13.3 Å². The van der Waals surface area contributed by atoms with Gasteiger partial charge in [0.05, 0.1) is 19.0 Å². The van der Waals surface area contributed by atoms with Crippen molar-refractivity contribution >= 4 is 49.5 Å². The van der Waals surface area contributed by atoms with E-state index in [0.29, 0.717) is 0 Å². The normalized spacial score (nSPS) is 11.3. The Morgan fingerprint density at radius 3 is 3.04 bits per heavy atom. The van der Waals surface area contributed by atoms with E-state index >= 15 is 0 Å². The van der Waals surface area contributed by atoms with Crippen molar-refractivity contribution in [2.75, 3.05) is 12.5 Å². The maximum absolute atomic E-state index is 5.29.